The van der Waals surface area contributed by atoms with E-state index in [0.717, 1.165) is 18.8 Å². The highest BCUT2D eigenvalue weighted by Gasteiger charge is 2.15. The van der Waals surface area contributed by atoms with Crippen molar-refractivity contribution in [3.63, 3.8) is 0 Å². The summed E-state index contributed by atoms with van der Waals surface area (Å²) < 4.78 is 1.78. The van der Waals surface area contributed by atoms with Crippen LogP contribution in [0.4, 0.5) is 0 Å². The summed E-state index contributed by atoms with van der Waals surface area (Å²) in [7, 11) is 0. The molecule has 0 saturated carbocycles. The molecule has 0 fully saturated rings. The first-order valence-electron chi connectivity index (χ1n) is 4.80. The number of aromatic nitrogens is 4. The third-order valence-corrected chi connectivity index (χ3v) is 2.18. The fourth-order valence-electron chi connectivity index (χ4n) is 1.10. The topological polar surface area (TPSA) is 43.6 Å². The number of halogens is 1. The maximum atomic E-state index is 5.94. The van der Waals surface area contributed by atoms with Crippen molar-refractivity contribution in [2.24, 2.45) is 5.41 Å². The Morgan fingerprint density at radius 3 is 2.57 bits per heavy atom. The lowest BCUT2D eigenvalue weighted by Crippen LogP contribution is -2.13. The van der Waals surface area contributed by atoms with E-state index >= 15 is 0 Å². The first kappa shape index (κ1) is 11.4. The second-order valence-electron chi connectivity index (χ2n) is 4.69. The molecule has 0 amide bonds. The number of hydrogen-bond donors (Lipinski definition) is 0. The number of hydrogen-bond acceptors (Lipinski definition) is 3. The number of alkyl halides is 1. The monoisotopic (exact) mass is 216 g/mol. The van der Waals surface area contributed by atoms with Crippen LogP contribution in [0, 0.1) is 5.41 Å². The Balaban J connectivity index is 2.63. The Kier molecular flexibility index (Phi) is 3.48. The van der Waals surface area contributed by atoms with Crippen molar-refractivity contribution in [3.8, 4) is 0 Å². The molecule has 1 atom stereocenters. The lowest BCUT2D eigenvalue weighted by atomic mass is 9.92. The van der Waals surface area contributed by atoms with E-state index in [-0.39, 0.29) is 5.38 Å². The van der Waals surface area contributed by atoms with Gasteiger partial charge in [-0.2, -0.15) is 0 Å². The predicted molar refractivity (Wildman–Crippen MR) is 56.2 cm³/mol. The van der Waals surface area contributed by atoms with Crippen molar-refractivity contribution >= 4 is 11.6 Å². The van der Waals surface area contributed by atoms with Crippen molar-refractivity contribution in [1.82, 2.24) is 20.2 Å². The molecular weight excluding hydrogens is 200 g/mol. The van der Waals surface area contributed by atoms with Gasteiger partial charge in [0.1, 0.15) is 0 Å². The van der Waals surface area contributed by atoms with Crippen molar-refractivity contribution < 1.29 is 0 Å². The van der Waals surface area contributed by atoms with Gasteiger partial charge in [-0.15, -0.1) is 16.7 Å². The molecule has 0 saturated heterocycles. The lowest BCUT2D eigenvalue weighted by molar-refractivity contribution is 0.335. The molecular formula is C9H17ClN4. The highest BCUT2D eigenvalue weighted by atomic mass is 35.5. The number of rotatable bonds is 3. The Labute approximate surface area is 89.6 Å². The van der Waals surface area contributed by atoms with Gasteiger partial charge in [-0.25, -0.2) is 4.68 Å². The molecule has 5 heteroatoms. The minimum Gasteiger partial charge on any atom is -0.228 e. The van der Waals surface area contributed by atoms with Gasteiger partial charge >= 0.3 is 0 Å². The highest BCUT2D eigenvalue weighted by Crippen LogP contribution is 2.21. The molecule has 1 heterocycles. The zero-order chi connectivity index (χ0) is 10.8. The van der Waals surface area contributed by atoms with E-state index in [2.05, 4.69) is 36.3 Å². The largest absolute Gasteiger partial charge is 0.228 e. The zero-order valence-corrected chi connectivity index (χ0v) is 9.91. The van der Waals surface area contributed by atoms with Crippen LogP contribution in [0.25, 0.3) is 0 Å². The van der Waals surface area contributed by atoms with E-state index in [4.69, 9.17) is 11.6 Å². The highest BCUT2D eigenvalue weighted by molar-refractivity contribution is 6.20. The van der Waals surface area contributed by atoms with Crippen LogP contribution in [-0.4, -0.2) is 20.2 Å². The lowest BCUT2D eigenvalue weighted by Gasteiger charge is -2.17. The molecule has 1 aromatic heterocycles. The molecule has 0 bridgehead atoms. The molecule has 0 radical (unpaired) electrons. The van der Waals surface area contributed by atoms with Crippen LogP contribution in [0.5, 0.6) is 0 Å². The zero-order valence-electron chi connectivity index (χ0n) is 9.16. The second kappa shape index (κ2) is 4.26. The number of aryl methyl sites for hydroxylation is 1. The molecule has 80 valence electrons. The molecule has 1 rings (SSSR count). The average molecular weight is 217 g/mol. The summed E-state index contributed by atoms with van der Waals surface area (Å²) in [5.74, 6) is 0.746. The maximum Gasteiger partial charge on any atom is 0.168 e. The summed E-state index contributed by atoms with van der Waals surface area (Å²) >= 11 is 5.94. The van der Waals surface area contributed by atoms with Gasteiger partial charge in [0.05, 0.1) is 5.38 Å². The molecule has 1 unspecified atom stereocenters. The minimum atomic E-state index is -0.134. The SMILES string of the molecule is CC(Cl)c1nnnn1CCC(C)(C)C. The Morgan fingerprint density at radius 2 is 2.07 bits per heavy atom. The molecule has 4 nitrogen and oxygen atoms in total. The Hall–Kier alpha value is -0.640. The van der Waals surface area contributed by atoms with Crippen molar-refractivity contribution in [2.45, 2.75) is 46.0 Å². The Bertz CT molecular complexity index is 287. The smallest absolute Gasteiger partial charge is 0.168 e. The van der Waals surface area contributed by atoms with E-state index in [9.17, 15) is 0 Å². The van der Waals surface area contributed by atoms with Gasteiger partial charge in [0.2, 0.25) is 0 Å². The van der Waals surface area contributed by atoms with Gasteiger partial charge in [0, 0.05) is 6.54 Å². The van der Waals surface area contributed by atoms with Crippen LogP contribution in [0.3, 0.4) is 0 Å². The van der Waals surface area contributed by atoms with Crippen LogP contribution in [0.1, 0.15) is 45.3 Å². The predicted octanol–water partition coefficient (Wildman–Crippen LogP) is 2.41. The number of tetrazole rings is 1. The van der Waals surface area contributed by atoms with E-state index in [1.54, 1.807) is 4.68 Å². The average Bonchev–Trinajstić information content (AvgIpc) is 2.46. The van der Waals surface area contributed by atoms with Crippen molar-refractivity contribution in [3.05, 3.63) is 5.82 Å². The van der Waals surface area contributed by atoms with E-state index < -0.39 is 0 Å². The maximum absolute atomic E-state index is 5.94. The van der Waals surface area contributed by atoms with Gasteiger partial charge in [-0.05, 0) is 29.2 Å². The fraction of sp³-hybridized carbons (Fsp3) is 0.889. The van der Waals surface area contributed by atoms with Gasteiger partial charge in [0.25, 0.3) is 0 Å². The quantitative estimate of drug-likeness (QED) is 0.729. The number of nitrogens with zero attached hydrogens (tertiary/aromatic N) is 4. The van der Waals surface area contributed by atoms with Crippen molar-refractivity contribution in [1.29, 1.82) is 0 Å². The summed E-state index contributed by atoms with van der Waals surface area (Å²) in [6.07, 6.45) is 1.04. The van der Waals surface area contributed by atoms with E-state index in [1.807, 2.05) is 6.92 Å². The summed E-state index contributed by atoms with van der Waals surface area (Å²) in [6, 6.07) is 0. The van der Waals surface area contributed by atoms with Gasteiger partial charge in [-0.1, -0.05) is 20.8 Å². The molecule has 14 heavy (non-hydrogen) atoms. The van der Waals surface area contributed by atoms with Crippen LogP contribution in [0.15, 0.2) is 0 Å². The standard InChI is InChI=1S/C9H17ClN4/c1-7(10)8-11-12-13-14(8)6-5-9(2,3)4/h7H,5-6H2,1-4H3. The van der Waals surface area contributed by atoms with Gasteiger partial charge in [0.15, 0.2) is 5.82 Å². The summed E-state index contributed by atoms with van der Waals surface area (Å²) in [6.45, 7) is 9.28. The first-order chi connectivity index (χ1) is 6.40. The molecule has 0 aliphatic rings. The third-order valence-electron chi connectivity index (χ3n) is 1.99. The molecule has 1 aromatic rings. The normalized spacial score (nSPS) is 14.4. The fourth-order valence-corrected chi connectivity index (χ4v) is 1.25. The first-order valence-corrected chi connectivity index (χ1v) is 5.24. The van der Waals surface area contributed by atoms with Gasteiger partial charge in [-0.3, -0.25) is 0 Å². The summed E-state index contributed by atoms with van der Waals surface area (Å²) in [4.78, 5) is 0. The van der Waals surface area contributed by atoms with E-state index in [1.165, 1.54) is 0 Å². The second-order valence-corrected chi connectivity index (χ2v) is 5.34. The molecule has 0 spiro atoms. The van der Waals surface area contributed by atoms with Crippen LogP contribution >= 0.6 is 11.6 Å². The minimum absolute atomic E-state index is 0.134. The molecule has 0 N–H and O–H groups in total. The van der Waals surface area contributed by atoms with Crippen LogP contribution in [0.2, 0.25) is 0 Å². The Morgan fingerprint density at radius 1 is 1.43 bits per heavy atom. The third kappa shape index (κ3) is 3.25. The van der Waals surface area contributed by atoms with Crippen molar-refractivity contribution in [2.75, 3.05) is 0 Å². The van der Waals surface area contributed by atoms with Crippen LogP contribution in [-0.2, 0) is 6.54 Å². The molecule has 0 aliphatic heterocycles. The molecule has 0 aliphatic carbocycles. The van der Waals surface area contributed by atoms with Gasteiger partial charge < -0.3 is 0 Å². The van der Waals surface area contributed by atoms with E-state index in [0.29, 0.717) is 5.41 Å². The molecule has 0 aromatic carbocycles. The summed E-state index contributed by atoms with van der Waals surface area (Å²) in [5, 5.41) is 11.3. The van der Waals surface area contributed by atoms with Crippen LogP contribution < -0.4 is 0 Å². The summed E-state index contributed by atoms with van der Waals surface area (Å²) in [5.41, 5.74) is 0.290.